The number of nitrogens with two attached hydrogens (primary N) is 1. The standard InChI is InChI=1S/C12H20BrN3OS/c1-8(2)15-12(17)6-16(3)10(5-14)11-4-9(13)7-18-11/h4,7-8,10H,5-6,14H2,1-3H3,(H,15,17). The van der Waals surface area contributed by atoms with Crippen molar-refractivity contribution in [2.24, 2.45) is 5.73 Å². The first-order valence-corrected chi connectivity index (χ1v) is 7.55. The van der Waals surface area contributed by atoms with Gasteiger partial charge in [-0.25, -0.2) is 0 Å². The monoisotopic (exact) mass is 333 g/mol. The second-order valence-corrected chi connectivity index (χ2v) is 6.41. The molecular weight excluding hydrogens is 314 g/mol. The highest BCUT2D eigenvalue weighted by Gasteiger charge is 2.19. The Kier molecular flexibility index (Phi) is 6.28. The summed E-state index contributed by atoms with van der Waals surface area (Å²) in [6.45, 7) is 4.76. The predicted octanol–water partition coefficient (Wildman–Crippen LogP) is 1.97. The summed E-state index contributed by atoms with van der Waals surface area (Å²) in [5, 5.41) is 4.91. The van der Waals surface area contributed by atoms with E-state index in [1.54, 1.807) is 11.3 Å². The van der Waals surface area contributed by atoms with Gasteiger partial charge >= 0.3 is 0 Å². The van der Waals surface area contributed by atoms with E-state index in [1.165, 1.54) is 4.88 Å². The van der Waals surface area contributed by atoms with E-state index >= 15 is 0 Å². The molecule has 0 spiro atoms. The van der Waals surface area contributed by atoms with Crippen LogP contribution in [-0.4, -0.2) is 37.0 Å². The van der Waals surface area contributed by atoms with Crippen molar-refractivity contribution in [3.05, 3.63) is 20.8 Å². The van der Waals surface area contributed by atoms with Crippen molar-refractivity contribution in [2.45, 2.75) is 25.9 Å². The summed E-state index contributed by atoms with van der Waals surface area (Å²) in [7, 11) is 1.92. The quantitative estimate of drug-likeness (QED) is 0.836. The van der Waals surface area contributed by atoms with Crippen molar-refractivity contribution in [1.29, 1.82) is 0 Å². The smallest absolute Gasteiger partial charge is 0.234 e. The zero-order chi connectivity index (χ0) is 13.7. The van der Waals surface area contributed by atoms with Crippen LogP contribution >= 0.6 is 27.3 Å². The topological polar surface area (TPSA) is 58.4 Å². The van der Waals surface area contributed by atoms with Crippen molar-refractivity contribution in [1.82, 2.24) is 10.2 Å². The largest absolute Gasteiger partial charge is 0.353 e. The van der Waals surface area contributed by atoms with E-state index in [0.717, 1.165) is 4.47 Å². The first-order chi connectivity index (χ1) is 8.43. The normalized spacial score (nSPS) is 13.1. The Morgan fingerprint density at radius 3 is 2.72 bits per heavy atom. The SMILES string of the molecule is CC(C)NC(=O)CN(C)C(CN)c1cc(Br)cs1. The Morgan fingerprint density at radius 1 is 1.61 bits per heavy atom. The average molecular weight is 334 g/mol. The number of hydrogen-bond donors (Lipinski definition) is 2. The molecule has 1 aromatic heterocycles. The van der Waals surface area contributed by atoms with E-state index in [-0.39, 0.29) is 18.0 Å². The number of amides is 1. The maximum Gasteiger partial charge on any atom is 0.234 e. The van der Waals surface area contributed by atoms with Crippen molar-refractivity contribution >= 4 is 33.2 Å². The van der Waals surface area contributed by atoms with Crippen LogP contribution in [0.5, 0.6) is 0 Å². The molecule has 18 heavy (non-hydrogen) atoms. The second kappa shape index (κ2) is 7.23. The molecule has 0 aliphatic rings. The Bertz CT molecular complexity index is 394. The summed E-state index contributed by atoms with van der Waals surface area (Å²) < 4.78 is 1.06. The Morgan fingerprint density at radius 2 is 2.28 bits per heavy atom. The van der Waals surface area contributed by atoms with Crippen LogP contribution < -0.4 is 11.1 Å². The lowest BCUT2D eigenvalue weighted by Crippen LogP contribution is -2.41. The van der Waals surface area contributed by atoms with Crippen LogP contribution in [0.25, 0.3) is 0 Å². The number of rotatable bonds is 6. The molecule has 0 saturated heterocycles. The summed E-state index contributed by atoms with van der Waals surface area (Å²) >= 11 is 5.09. The number of hydrogen-bond acceptors (Lipinski definition) is 4. The number of halogens is 1. The Balaban J connectivity index is 2.62. The molecule has 0 fully saturated rings. The fourth-order valence-corrected chi connectivity index (χ4v) is 3.34. The fraction of sp³-hybridized carbons (Fsp3) is 0.583. The number of nitrogens with zero attached hydrogens (tertiary/aromatic N) is 1. The third-order valence-corrected chi connectivity index (χ3v) is 4.31. The van der Waals surface area contributed by atoms with Crippen LogP contribution in [0.2, 0.25) is 0 Å². The highest BCUT2D eigenvalue weighted by molar-refractivity contribution is 9.10. The molecule has 0 aliphatic carbocycles. The molecule has 102 valence electrons. The molecule has 6 heteroatoms. The van der Waals surface area contributed by atoms with Gasteiger partial charge in [0.15, 0.2) is 0 Å². The lowest BCUT2D eigenvalue weighted by atomic mass is 10.2. The molecule has 0 aromatic carbocycles. The molecule has 1 heterocycles. The zero-order valence-electron chi connectivity index (χ0n) is 10.9. The molecular formula is C12H20BrN3OS. The molecule has 3 N–H and O–H groups in total. The summed E-state index contributed by atoms with van der Waals surface area (Å²) in [5.74, 6) is 0.0292. The summed E-state index contributed by atoms with van der Waals surface area (Å²) in [6, 6.07) is 2.30. The fourth-order valence-electron chi connectivity index (χ4n) is 1.72. The minimum Gasteiger partial charge on any atom is -0.353 e. The number of carbonyl (C=O) groups excluding carboxylic acids is 1. The van der Waals surface area contributed by atoms with Crippen LogP contribution in [0.3, 0.4) is 0 Å². The van der Waals surface area contributed by atoms with E-state index in [1.807, 2.05) is 31.2 Å². The molecule has 1 unspecified atom stereocenters. The number of carbonyl (C=O) groups is 1. The van der Waals surface area contributed by atoms with Crippen molar-refractivity contribution < 1.29 is 4.79 Å². The molecule has 0 aliphatic heterocycles. The summed E-state index contributed by atoms with van der Waals surface area (Å²) in [6.07, 6.45) is 0. The van der Waals surface area contributed by atoms with Crippen molar-refractivity contribution in [3.63, 3.8) is 0 Å². The van der Waals surface area contributed by atoms with Gasteiger partial charge in [-0.2, -0.15) is 0 Å². The van der Waals surface area contributed by atoms with Crippen molar-refractivity contribution in [2.75, 3.05) is 20.1 Å². The number of nitrogens with one attached hydrogen (secondary N) is 1. The predicted molar refractivity (Wildman–Crippen MR) is 79.7 cm³/mol. The van der Waals surface area contributed by atoms with Gasteiger partial charge in [0.1, 0.15) is 0 Å². The second-order valence-electron chi connectivity index (χ2n) is 4.56. The van der Waals surface area contributed by atoms with Crippen LogP contribution in [0.4, 0.5) is 0 Å². The molecule has 0 bridgehead atoms. The minimum atomic E-state index is 0.0292. The van der Waals surface area contributed by atoms with E-state index in [2.05, 4.69) is 27.3 Å². The first kappa shape index (κ1) is 15.6. The van der Waals surface area contributed by atoms with Crippen LogP contribution in [0, 0.1) is 0 Å². The summed E-state index contributed by atoms with van der Waals surface area (Å²) in [4.78, 5) is 14.9. The maximum absolute atomic E-state index is 11.7. The molecule has 1 amide bonds. The molecule has 1 atom stereocenters. The zero-order valence-corrected chi connectivity index (χ0v) is 13.3. The van der Waals surface area contributed by atoms with Gasteiger partial charge in [-0.05, 0) is 42.9 Å². The molecule has 1 rings (SSSR count). The van der Waals surface area contributed by atoms with Gasteiger partial charge in [0, 0.05) is 27.3 Å². The highest BCUT2D eigenvalue weighted by Crippen LogP contribution is 2.28. The van der Waals surface area contributed by atoms with E-state index in [4.69, 9.17) is 5.73 Å². The number of thiophene rings is 1. The van der Waals surface area contributed by atoms with Gasteiger partial charge in [0.25, 0.3) is 0 Å². The van der Waals surface area contributed by atoms with Gasteiger partial charge in [-0.1, -0.05) is 0 Å². The van der Waals surface area contributed by atoms with Gasteiger partial charge in [-0.15, -0.1) is 11.3 Å². The third kappa shape index (κ3) is 4.68. The van der Waals surface area contributed by atoms with Crippen molar-refractivity contribution in [3.8, 4) is 0 Å². The Labute approximate surface area is 121 Å². The van der Waals surface area contributed by atoms with Gasteiger partial charge < -0.3 is 11.1 Å². The van der Waals surface area contributed by atoms with E-state index in [0.29, 0.717) is 13.1 Å². The summed E-state index contributed by atoms with van der Waals surface area (Å²) in [5.41, 5.74) is 5.81. The van der Waals surface area contributed by atoms with Gasteiger partial charge in [0.05, 0.1) is 12.6 Å². The van der Waals surface area contributed by atoms with Crippen LogP contribution in [0.1, 0.15) is 24.8 Å². The third-order valence-electron chi connectivity index (χ3n) is 2.51. The Hall–Kier alpha value is -0.430. The van der Waals surface area contributed by atoms with Crippen LogP contribution in [0.15, 0.2) is 15.9 Å². The average Bonchev–Trinajstić information content (AvgIpc) is 2.64. The molecule has 0 saturated carbocycles. The van der Waals surface area contributed by atoms with Gasteiger partial charge in [0.2, 0.25) is 5.91 Å². The van der Waals surface area contributed by atoms with Gasteiger partial charge in [-0.3, -0.25) is 9.69 Å². The lowest BCUT2D eigenvalue weighted by molar-refractivity contribution is -0.122. The number of likely N-dealkylation sites (N-methyl/N-ethyl adjacent to an activating group) is 1. The molecule has 1 aromatic rings. The highest BCUT2D eigenvalue weighted by atomic mass is 79.9. The van der Waals surface area contributed by atoms with E-state index in [9.17, 15) is 4.79 Å². The maximum atomic E-state index is 11.7. The van der Waals surface area contributed by atoms with Crippen LogP contribution in [-0.2, 0) is 4.79 Å². The lowest BCUT2D eigenvalue weighted by Gasteiger charge is -2.25. The molecule has 0 radical (unpaired) electrons. The van der Waals surface area contributed by atoms with E-state index < -0.39 is 0 Å². The molecule has 4 nitrogen and oxygen atoms in total. The first-order valence-electron chi connectivity index (χ1n) is 5.87. The minimum absolute atomic E-state index is 0.0292.